The van der Waals surface area contributed by atoms with Gasteiger partial charge in [-0.1, -0.05) is 60.1 Å². The van der Waals surface area contributed by atoms with Gasteiger partial charge in [-0.15, -0.1) is 0 Å². The Morgan fingerprint density at radius 3 is 2.00 bits per heavy atom. The van der Waals surface area contributed by atoms with Crippen LogP contribution in [-0.4, -0.2) is 61.2 Å². The number of rotatable bonds is 5. The molecule has 1 saturated heterocycles. The molecule has 3 rings (SSSR count). The number of carbonyl (C=O) groups is 2. The van der Waals surface area contributed by atoms with E-state index in [2.05, 4.69) is 0 Å². The lowest BCUT2D eigenvalue weighted by Crippen LogP contribution is -2.60. The van der Waals surface area contributed by atoms with E-state index in [4.69, 9.17) is 16.3 Å². The third kappa shape index (κ3) is 3.50. The van der Waals surface area contributed by atoms with Crippen molar-refractivity contribution in [3.63, 3.8) is 0 Å². The molecule has 5 atom stereocenters. The van der Waals surface area contributed by atoms with Crippen molar-refractivity contribution < 1.29 is 34.8 Å². The molecule has 0 bridgehead atoms. The summed E-state index contributed by atoms with van der Waals surface area (Å²) in [6.45, 7) is 3.25. The minimum atomic E-state index is -2.88. The van der Waals surface area contributed by atoms with Gasteiger partial charge in [0, 0.05) is 11.1 Å². The zero-order chi connectivity index (χ0) is 21.6. The fourth-order valence-corrected chi connectivity index (χ4v) is 3.77. The number of Topliss-reactive ketones (excluding diaryl/α,β-unsaturated/α-hetero) is 2. The van der Waals surface area contributed by atoms with E-state index in [0.29, 0.717) is 11.1 Å². The highest BCUT2D eigenvalue weighted by Crippen LogP contribution is 2.43. The first kappa shape index (κ1) is 21.6. The molecule has 1 heterocycles. The molecule has 0 aliphatic carbocycles. The maximum Gasteiger partial charge on any atom is 0.277 e. The number of hydrogen-bond acceptors (Lipinski definition) is 7. The Bertz CT molecular complexity index is 958. The number of aliphatic hydroxyl groups is 4. The zero-order valence-corrected chi connectivity index (χ0v) is 16.5. The second-order valence-electron chi connectivity index (χ2n) is 7.14. The molecule has 4 N–H and O–H groups in total. The summed E-state index contributed by atoms with van der Waals surface area (Å²) in [6.07, 6.45) is -6.43. The van der Waals surface area contributed by atoms with Crippen molar-refractivity contribution in [2.24, 2.45) is 0 Å². The highest BCUT2D eigenvalue weighted by molar-refractivity contribution is 6.23. The van der Waals surface area contributed by atoms with Crippen LogP contribution in [0.1, 0.15) is 31.8 Å². The molecule has 1 fully saturated rings. The fourth-order valence-electron chi connectivity index (χ4n) is 3.51. The Morgan fingerprint density at radius 2 is 1.48 bits per heavy atom. The second-order valence-corrected chi connectivity index (χ2v) is 7.68. The van der Waals surface area contributed by atoms with Gasteiger partial charge < -0.3 is 25.2 Å². The minimum Gasteiger partial charge on any atom is -0.382 e. The maximum absolute atomic E-state index is 13.1. The molecule has 0 amide bonds. The van der Waals surface area contributed by atoms with Crippen molar-refractivity contribution in [2.45, 2.75) is 43.0 Å². The summed E-state index contributed by atoms with van der Waals surface area (Å²) >= 11 is 5.74. The summed E-state index contributed by atoms with van der Waals surface area (Å²) in [7, 11) is 0. The molecule has 2 aromatic carbocycles. The van der Waals surface area contributed by atoms with Crippen molar-refractivity contribution in [1.29, 1.82) is 0 Å². The lowest BCUT2D eigenvalue weighted by Gasteiger charge is -2.31. The highest BCUT2D eigenvalue weighted by Gasteiger charge is 2.68. The molecular weight excluding hydrogens is 400 g/mol. The number of alkyl halides is 1. The third-order valence-electron chi connectivity index (χ3n) is 5.20. The van der Waals surface area contributed by atoms with Crippen LogP contribution < -0.4 is 0 Å². The van der Waals surface area contributed by atoms with Crippen LogP contribution in [-0.2, 0) is 4.74 Å². The Hall–Kier alpha value is -2.13. The first-order valence-electron chi connectivity index (χ1n) is 8.89. The molecule has 0 radical (unpaired) electrons. The van der Waals surface area contributed by atoms with Crippen LogP contribution in [0.2, 0.25) is 0 Å². The number of halogens is 1. The number of aliphatic hydroxyl groups excluding tert-OH is 2. The van der Waals surface area contributed by atoms with Crippen LogP contribution in [0.15, 0.2) is 48.5 Å². The number of carbonyl (C=O) groups excluding carboxylic acids is 2. The average Bonchev–Trinajstić information content (AvgIpc) is 2.88. The summed E-state index contributed by atoms with van der Waals surface area (Å²) in [4.78, 5) is 26.0. The quantitative estimate of drug-likeness (QED) is 0.422. The van der Waals surface area contributed by atoms with Crippen LogP contribution >= 0.6 is 11.6 Å². The van der Waals surface area contributed by atoms with Gasteiger partial charge in [-0.3, -0.25) is 9.59 Å². The molecule has 7 nitrogen and oxygen atoms in total. The van der Waals surface area contributed by atoms with Gasteiger partial charge >= 0.3 is 0 Å². The largest absolute Gasteiger partial charge is 0.382 e. The van der Waals surface area contributed by atoms with Crippen molar-refractivity contribution >= 4 is 23.2 Å². The summed E-state index contributed by atoms with van der Waals surface area (Å²) in [5.41, 5.74) is -1.70. The van der Waals surface area contributed by atoms with Gasteiger partial charge in [0.2, 0.25) is 0 Å². The van der Waals surface area contributed by atoms with Crippen LogP contribution in [0.25, 0.3) is 0 Å². The Kier molecular flexibility index (Phi) is 5.66. The number of ether oxygens (including phenoxy) is 1. The predicted molar refractivity (Wildman–Crippen MR) is 104 cm³/mol. The molecule has 1 aliphatic rings. The van der Waals surface area contributed by atoms with Crippen LogP contribution in [0.3, 0.4) is 0 Å². The summed E-state index contributed by atoms with van der Waals surface area (Å²) in [5, 5.41) is 39.5. The average molecular weight is 421 g/mol. The van der Waals surface area contributed by atoms with E-state index < -0.39 is 40.7 Å². The van der Waals surface area contributed by atoms with Crippen molar-refractivity contribution in [3.8, 4) is 0 Å². The van der Waals surface area contributed by atoms with Gasteiger partial charge in [-0.25, -0.2) is 0 Å². The summed E-state index contributed by atoms with van der Waals surface area (Å²) in [5.74, 6) is -1.90. The van der Waals surface area contributed by atoms with E-state index in [1.54, 1.807) is 50.2 Å². The van der Waals surface area contributed by atoms with Crippen LogP contribution in [0.4, 0.5) is 0 Å². The summed E-state index contributed by atoms with van der Waals surface area (Å²) in [6, 6.07) is 12.6. The molecule has 29 heavy (non-hydrogen) atoms. The summed E-state index contributed by atoms with van der Waals surface area (Å²) < 4.78 is 5.03. The minimum absolute atomic E-state index is 0.0209. The van der Waals surface area contributed by atoms with Crippen molar-refractivity contribution in [1.82, 2.24) is 0 Å². The normalized spacial score (nSPS) is 30.2. The SMILES string of the molecule is Cc1ccccc1C(=O)C(O)[C@H]1OC(O)(Cl)[C@H](O)[C@@]1(O)C(=O)c1ccccc1C. The van der Waals surface area contributed by atoms with E-state index in [0.717, 1.165) is 0 Å². The smallest absolute Gasteiger partial charge is 0.277 e. The first-order chi connectivity index (χ1) is 13.5. The molecule has 2 unspecified atom stereocenters. The van der Waals surface area contributed by atoms with E-state index in [9.17, 15) is 30.0 Å². The fraction of sp³-hybridized carbons (Fsp3) is 0.333. The van der Waals surface area contributed by atoms with Gasteiger partial charge in [0.15, 0.2) is 23.3 Å². The molecule has 2 aromatic rings. The van der Waals surface area contributed by atoms with Gasteiger partial charge in [0.25, 0.3) is 5.25 Å². The molecule has 1 aliphatic heterocycles. The first-order valence-corrected chi connectivity index (χ1v) is 9.27. The van der Waals surface area contributed by atoms with E-state index in [-0.39, 0.29) is 11.1 Å². The molecular formula is C21H21ClO7. The Balaban J connectivity index is 2.06. The molecule has 0 aromatic heterocycles. The number of benzene rings is 2. The number of aryl methyl sites for hydroxylation is 2. The van der Waals surface area contributed by atoms with Gasteiger partial charge in [0.1, 0.15) is 12.2 Å². The monoisotopic (exact) mass is 420 g/mol. The molecule has 0 spiro atoms. The lowest BCUT2D eigenvalue weighted by atomic mass is 9.79. The lowest BCUT2D eigenvalue weighted by molar-refractivity contribution is -0.174. The maximum atomic E-state index is 13.1. The highest BCUT2D eigenvalue weighted by atomic mass is 35.5. The standard InChI is InChI=1S/C21H21ClO7/c1-11-7-3-5-9-13(11)15(23)16(24)18-20(27,19(26)21(22,28)29-18)17(25)14-10-6-4-8-12(14)2/h3-10,16,18-19,24,26-28H,1-2H3/t16?,18-,19-,20-,21?/m1/s1. The van der Waals surface area contributed by atoms with E-state index in [1.165, 1.54) is 12.1 Å². The van der Waals surface area contributed by atoms with Gasteiger partial charge in [0.05, 0.1) is 0 Å². The second kappa shape index (κ2) is 7.60. The predicted octanol–water partition coefficient (Wildman–Crippen LogP) is 1.11. The number of ketones is 2. The van der Waals surface area contributed by atoms with Crippen LogP contribution in [0, 0.1) is 13.8 Å². The van der Waals surface area contributed by atoms with Gasteiger partial charge in [-0.05, 0) is 25.0 Å². The number of hydrogen-bond donors (Lipinski definition) is 4. The Morgan fingerprint density at radius 1 is 1.00 bits per heavy atom. The Labute approximate surface area is 172 Å². The third-order valence-corrected chi connectivity index (χ3v) is 5.50. The van der Waals surface area contributed by atoms with E-state index in [1.807, 2.05) is 0 Å². The topological polar surface area (TPSA) is 124 Å². The van der Waals surface area contributed by atoms with Gasteiger partial charge in [-0.2, -0.15) is 0 Å². The zero-order valence-electron chi connectivity index (χ0n) is 15.7. The van der Waals surface area contributed by atoms with Crippen molar-refractivity contribution in [3.05, 3.63) is 70.8 Å². The molecule has 154 valence electrons. The molecule has 8 heteroatoms. The van der Waals surface area contributed by atoms with Crippen molar-refractivity contribution in [2.75, 3.05) is 0 Å². The van der Waals surface area contributed by atoms with Crippen LogP contribution in [0.5, 0.6) is 0 Å². The molecule has 0 saturated carbocycles. The van der Waals surface area contributed by atoms with E-state index >= 15 is 0 Å².